The summed E-state index contributed by atoms with van der Waals surface area (Å²) in [6.07, 6.45) is 2.08. The van der Waals surface area contributed by atoms with E-state index in [1.807, 2.05) is 98.2 Å². The first-order valence-electron chi connectivity index (χ1n) is 16.1. The quantitative estimate of drug-likeness (QED) is 0.135. The molecule has 3 amide bonds. The van der Waals surface area contributed by atoms with Crippen molar-refractivity contribution in [1.82, 2.24) is 14.9 Å². The molecule has 0 aliphatic carbocycles. The predicted molar refractivity (Wildman–Crippen MR) is 194 cm³/mol. The Morgan fingerprint density at radius 2 is 1.51 bits per heavy atom. The van der Waals surface area contributed by atoms with Crippen molar-refractivity contribution in [2.24, 2.45) is 5.73 Å². The third kappa shape index (κ3) is 7.58. The van der Waals surface area contributed by atoms with Crippen LogP contribution in [0.4, 0.5) is 0 Å². The van der Waals surface area contributed by atoms with Crippen LogP contribution in [0.5, 0.6) is 5.75 Å². The maximum absolute atomic E-state index is 14.9. The van der Waals surface area contributed by atoms with E-state index >= 15 is 0 Å². The van der Waals surface area contributed by atoms with Crippen LogP contribution in [0.3, 0.4) is 0 Å². The average molecular weight is 671 g/mol. The number of amides is 3. The summed E-state index contributed by atoms with van der Waals surface area (Å²) in [5, 5.41) is 6.08. The molecule has 49 heavy (non-hydrogen) atoms. The van der Waals surface area contributed by atoms with Gasteiger partial charge >= 0.3 is 0 Å². The molecule has 9 heteroatoms. The van der Waals surface area contributed by atoms with Crippen LogP contribution in [0.1, 0.15) is 32.6 Å². The van der Waals surface area contributed by atoms with Gasteiger partial charge in [-0.05, 0) is 83.3 Å². The molecule has 2 atom stereocenters. The molecule has 6 aromatic rings. The molecular weight excluding hydrogens is 633 g/mol. The number of aryl methyl sites for hydroxylation is 2. The number of primary amides is 1. The maximum Gasteiger partial charge on any atom is 0.279 e. The van der Waals surface area contributed by atoms with Gasteiger partial charge in [-0.3, -0.25) is 14.4 Å². The second-order valence-corrected chi connectivity index (χ2v) is 13.1. The molecule has 0 unspecified atom stereocenters. The molecule has 4 aromatic carbocycles. The third-order valence-corrected chi connectivity index (χ3v) is 9.33. The van der Waals surface area contributed by atoms with E-state index in [-0.39, 0.29) is 18.7 Å². The van der Waals surface area contributed by atoms with Crippen molar-refractivity contribution in [2.45, 2.75) is 38.8 Å². The summed E-state index contributed by atoms with van der Waals surface area (Å²) in [6, 6.07) is 29.9. The number of hydroxylamine groups is 2. The summed E-state index contributed by atoms with van der Waals surface area (Å²) in [5.74, 6) is -1.29. The summed E-state index contributed by atoms with van der Waals surface area (Å²) < 4.78 is 0. The van der Waals surface area contributed by atoms with Crippen LogP contribution in [0.15, 0.2) is 120 Å². The van der Waals surface area contributed by atoms with Gasteiger partial charge in [0.25, 0.3) is 11.8 Å². The zero-order chi connectivity index (χ0) is 34.5. The summed E-state index contributed by atoms with van der Waals surface area (Å²) in [5.41, 5.74) is 13.1. The smallest absolute Gasteiger partial charge is 0.279 e. The number of para-hydroxylation sites is 2. The number of rotatable bonds is 12. The van der Waals surface area contributed by atoms with Crippen molar-refractivity contribution in [2.75, 3.05) is 7.05 Å². The normalized spacial score (nSPS) is 12.3. The first kappa shape index (κ1) is 33.2. The fourth-order valence-corrected chi connectivity index (χ4v) is 6.80. The highest BCUT2D eigenvalue weighted by Crippen LogP contribution is 2.26. The van der Waals surface area contributed by atoms with E-state index in [0.717, 1.165) is 49.3 Å². The molecule has 0 saturated carbocycles. The molecule has 2 heterocycles. The Kier molecular flexibility index (Phi) is 9.92. The average Bonchev–Trinajstić information content (AvgIpc) is 3.79. The lowest BCUT2D eigenvalue weighted by Crippen LogP contribution is -2.58. The SMILES string of the molecule is Cc1cc(C)cc(C(=O)N(C)[C@@H](Cc2ccc(-c3ccsc3)cc2)C(=O)N(Oc2ccccc2)[C@@H](Cc2c[nH]c3ccccc23)C(N)=O)c1. The molecular formula is C40H38N4O4S. The van der Waals surface area contributed by atoms with Gasteiger partial charge in [-0.1, -0.05) is 77.9 Å². The Hall–Kier alpha value is -5.67. The van der Waals surface area contributed by atoms with Gasteiger partial charge < -0.3 is 20.5 Å². The molecule has 0 spiro atoms. The summed E-state index contributed by atoms with van der Waals surface area (Å²) in [6.45, 7) is 3.86. The largest absolute Gasteiger partial charge is 0.376 e. The van der Waals surface area contributed by atoms with Crippen LogP contribution in [-0.2, 0) is 22.4 Å². The minimum atomic E-state index is -1.19. The number of hydrogen-bond donors (Lipinski definition) is 2. The van der Waals surface area contributed by atoms with Crippen LogP contribution in [-0.4, -0.2) is 51.8 Å². The van der Waals surface area contributed by atoms with E-state index in [1.54, 1.807) is 42.6 Å². The Balaban J connectivity index is 1.40. The van der Waals surface area contributed by atoms with Crippen LogP contribution in [0.2, 0.25) is 0 Å². The van der Waals surface area contributed by atoms with Crippen molar-refractivity contribution < 1.29 is 19.2 Å². The Morgan fingerprint density at radius 1 is 0.816 bits per heavy atom. The van der Waals surface area contributed by atoms with Crippen molar-refractivity contribution >= 4 is 40.0 Å². The van der Waals surface area contributed by atoms with E-state index in [2.05, 4.69) is 16.4 Å². The molecule has 0 aliphatic heterocycles. The Morgan fingerprint density at radius 3 is 2.18 bits per heavy atom. The highest BCUT2D eigenvalue weighted by Gasteiger charge is 2.39. The fraction of sp³-hybridized carbons (Fsp3) is 0.175. The van der Waals surface area contributed by atoms with Gasteiger partial charge in [-0.15, -0.1) is 0 Å². The van der Waals surface area contributed by atoms with E-state index in [9.17, 15) is 14.4 Å². The predicted octanol–water partition coefficient (Wildman–Crippen LogP) is 7.12. The number of carbonyl (C=O) groups is 3. The zero-order valence-electron chi connectivity index (χ0n) is 27.6. The Labute approximate surface area is 289 Å². The number of carbonyl (C=O) groups excluding carboxylic acids is 3. The summed E-state index contributed by atoms with van der Waals surface area (Å²) in [4.78, 5) is 53.3. The third-order valence-electron chi connectivity index (χ3n) is 8.64. The molecule has 0 radical (unpaired) electrons. The Bertz CT molecular complexity index is 2050. The number of H-pyrrole nitrogens is 1. The van der Waals surface area contributed by atoms with Crippen molar-refractivity contribution in [3.63, 3.8) is 0 Å². The molecule has 6 rings (SSSR count). The van der Waals surface area contributed by atoms with Gasteiger partial charge in [0.1, 0.15) is 6.04 Å². The minimum absolute atomic E-state index is 0.0920. The van der Waals surface area contributed by atoms with Crippen molar-refractivity contribution in [3.8, 4) is 16.9 Å². The van der Waals surface area contributed by atoms with E-state index in [1.165, 1.54) is 4.90 Å². The minimum Gasteiger partial charge on any atom is -0.376 e. The second kappa shape index (κ2) is 14.6. The van der Waals surface area contributed by atoms with Crippen molar-refractivity contribution in [1.29, 1.82) is 0 Å². The molecule has 8 nitrogen and oxygen atoms in total. The van der Waals surface area contributed by atoms with Crippen LogP contribution < -0.4 is 10.6 Å². The molecule has 0 aliphatic rings. The van der Waals surface area contributed by atoms with Crippen LogP contribution >= 0.6 is 11.3 Å². The van der Waals surface area contributed by atoms with Crippen LogP contribution in [0, 0.1) is 13.8 Å². The number of nitrogens with two attached hydrogens (primary N) is 1. The number of nitrogens with zero attached hydrogens (tertiary/aromatic N) is 2. The van der Waals surface area contributed by atoms with Crippen molar-refractivity contribution in [3.05, 3.63) is 148 Å². The fourth-order valence-electron chi connectivity index (χ4n) is 6.13. The number of likely N-dealkylation sites (N-methyl/N-ethyl adjacent to an activating group) is 1. The lowest BCUT2D eigenvalue weighted by molar-refractivity contribution is -0.174. The van der Waals surface area contributed by atoms with Gasteiger partial charge in [0.15, 0.2) is 11.8 Å². The number of aromatic nitrogens is 1. The van der Waals surface area contributed by atoms with Crippen LogP contribution in [0.25, 0.3) is 22.0 Å². The number of aromatic amines is 1. The molecule has 0 bridgehead atoms. The van der Waals surface area contributed by atoms with Gasteiger partial charge in [-0.25, -0.2) is 0 Å². The lowest BCUT2D eigenvalue weighted by Gasteiger charge is -2.35. The molecule has 2 aromatic heterocycles. The maximum atomic E-state index is 14.9. The van der Waals surface area contributed by atoms with Gasteiger partial charge in [-0.2, -0.15) is 16.4 Å². The monoisotopic (exact) mass is 670 g/mol. The highest BCUT2D eigenvalue weighted by atomic mass is 32.1. The summed E-state index contributed by atoms with van der Waals surface area (Å²) in [7, 11) is 1.61. The first-order chi connectivity index (χ1) is 23.7. The number of thiophene rings is 1. The second-order valence-electron chi connectivity index (χ2n) is 12.3. The molecule has 0 fully saturated rings. The summed E-state index contributed by atoms with van der Waals surface area (Å²) >= 11 is 1.62. The lowest BCUT2D eigenvalue weighted by atomic mass is 9.98. The molecule has 3 N–H and O–H groups in total. The van der Waals surface area contributed by atoms with Gasteiger partial charge in [0.2, 0.25) is 5.91 Å². The van der Waals surface area contributed by atoms with Gasteiger partial charge in [0.05, 0.1) is 0 Å². The topological polar surface area (TPSA) is 109 Å². The van der Waals surface area contributed by atoms with E-state index in [0.29, 0.717) is 11.3 Å². The standard InChI is InChI=1S/C40H38N4O4S/c1-26-19-27(2)21-31(20-26)39(46)43(3)37(22-28-13-15-29(16-14-28)30-17-18-49-25-30)40(47)44(48-33-9-5-4-6-10-33)36(38(41)45)23-32-24-42-35-12-8-7-11-34(32)35/h4-21,24-25,36-37,42H,22-23H2,1-3H3,(H2,41,45)/t36-,37-/m0/s1. The molecule has 248 valence electrons. The number of hydrogen-bond acceptors (Lipinski definition) is 5. The van der Waals surface area contributed by atoms with E-state index < -0.39 is 23.9 Å². The highest BCUT2D eigenvalue weighted by molar-refractivity contribution is 7.08. The number of nitrogens with one attached hydrogen (secondary N) is 1. The molecule has 0 saturated heterocycles. The zero-order valence-corrected chi connectivity index (χ0v) is 28.4. The first-order valence-corrected chi connectivity index (χ1v) is 17.0. The van der Waals surface area contributed by atoms with Gasteiger partial charge in [0, 0.05) is 42.6 Å². The number of fused-ring (bicyclic) bond motifs is 1. The van der Waals surface area contributed by atoms with E-state index in [4.69, 9.17) is 10.6 Å². The number of benzene rings is 4.